The number of unbranched alkanes of at least 4 members (excludes halogenated alkanes) is 1. The molecule has 3 nitrogen and oxygen atoms in total. The van der Waals surface area contributed by atoms with Gasteiger partial charge in [-0.3, -0.25) is 10.1 Å². The summed E-state index contributed by atoms with van der Waals surface area (Å²) in [5, 5.41) is 3.52. The summed E-state index contributed by atoms with van der Waals surface area (Å²) in [4.78, 5) is 14.6. The molecule has 1 heterocycles. The van der Waals surface area contributed by atoms with Crippen LogP contribution in [0.1, 0.15) is 66.7 Å². The summed E-state index contributed by atoms with van der Waals surface area (Å²) in [6.07, 6.45) is 5.76. The summed E-state index contributed by atoms with van der Waals surface area (Å²) in [7, 11) is 0. The molecule has 0 saturated carbocycles. The van der Waals surface area contributed by atoms with Crippen LogP contribution in [0.2, 0.25) is 0 Å². The minimum absolute atomic E-state index is 0.0477. The number of nitrogens with one attached hydrogen (secondary N) is 1. The minimum Gasteiger partial charge on any atom is -0.323 e. The van der Waals surface area contributed by atoms with Gasteiger partial charge in [0.15, 0.2) is 0 Å². The Labute approximate surface area is 112 Å². The van der Waals surface area contributed by atoms with Crippen molar-refractivity contribution in [3.05, 3.63) is 0 Å². The van der Waals surface area contributed by atoms with Gasteiger partial charge in [-0.25, -0.2) is 0 Å². The Bertz CT molecular complexity index is 265. The van der Waals surface area contributed by atoms with Crippen molar-refractivity contribution in [3.63, 3.8) is 0 Å². The third kappa shape index (κ3) is 3.47. The van der Waals surface area contributed by atoms with E-state index in [1.165, 1.54) is 12.8 Å². The third-order valence-corrected chi connectivity index (χ3v) is 3.88. The molecule has 0 bridgehead atoms. The highest BCUT2D eigenvalue weighted by atomic mass is 16.2. The molecule has 0 aromatic rings. The lowest BCUT2D eigenvalue weighted by atomic mass is 10.1. The number of nitrogens with zero attached hydrogens (tertiary/aromatic N) is 1. The fourth-order valence-electron chi connectivity index (χ4n) is 2.81. The van der Waals surface area contributed by atoms with Crippen LogP contribution < -0.4 is 5.32 Å². The molecule has 3 atom stereocenters. The predicted molar refractivity (Wildman–Crippen MR) is 76.3 cm³/mol. The van der Waals surface area contributed by atoms with Crippen LogP contribution in [0, 0.1) is 5.92 Å². The van der Waals surface area contributed by atoms with Gasteiger partial charge in [0.25, 0.3) is 0 Å². The van der Waals surface area contributed by atoms with Crippen LogP contribution in [0.5, 0.6) is 0 Å². The van der Waals surface area contributed by atoms with Crippen molar-refractivity contribution in [2.45, 2.75) is 85.0 Å². The van der Waals surface area contributed by atoms with Gasteiger partial charge >= 0.3 is 0 Å². The fraction of sp³-hybridized carbons (Fsp3) is 0.933. The molecular weight excluding hydrogens is 224 g/mol. The van der Waals surface area contributed by atoms with Crippen LogP contribution in [0.15, 0.2) is 0 Å². The lowest BCUT2D eigenvalue weighted by molar-refractivity contribution is -0.132. The van der Waals surface area contributed by atoms with E-state index in [1.54, 1.807) is 0 Å². The van der Waals surface area contributed by atoms with Crippen LogP contribution >= 0.6 is 0 Å². The van der Waals surface area contributed by atoms with Crippen molar-refractivity contribution in [1.82, 2.24) is 10.2 Å². The monoisotopic (exact) mass is 254 g/mol. The molecule has 1 saturated heterocycles. The van der Waals surface area contributed by atoms with Crippen LogP contribution in [0.4, 0.5) is 0 Å². The average Bonchev–Trinajstić information content (AvgIpc) is 2.65. The smallest absolute Gasteiger partial charge is 0.241 e. The second-order valence-electron chi connectivity index (χ2n) is 5.93. The second-order valence-corrected chi connectivity index (χ2v) is 5.93. The fourth-order valence-corrected chi connectivity index (χ4v) is 2.81. The van der Waals surface area contributed by atoms with E-state index in [4.69, 9.17) is 0 Å². The average molecular weight is 254 g/mol. The summed E-state index contributed by atoms with van der Waals surface area (Å²) in [6, 6.07) is 0.408. The van der Waals surface area contributed by atoms with Gasteiger partial charge in [0.1, 0.15) is 0 Å². The van der Waals surface area contributed by atoms with Gasteiger partial charge in [0, 0.05) is 6.04 Å². The normalized spacial score (nSPS) is 26.1. The number of rotatable bonds is 7. The zero-order valence-electron chi connectivity index (χ0n) is 12.7. The van der Waals surface area contributed by atoms with E-state index in [9.17, 15) is 4.79 Å². The van der Waals surface area contributed by atoms with Gasteiger partial charge in [-0.2, -0.15) is 0 Å². The van der Waals surface area contributed by atoms with E-state index in [0.717, 1.165) is 19.3 Å². The number of hydrogen-bond donors (Lipinski definition) is 1. The number of carbonyl (C=O) groups is 1. The molecule has 0 aromatic carbocycles. The first-order valence-corrected chi connectivity index (χ1v) is 7.61. The number of carbonyl (C=O) groups excluding carboxylic acids is 1. The van der Waals surface area contributed by atoms with Gasteiger partial charge < -0.3 is 4.90 Å². The van der Waals surface area contributed by atoms with Crippen LogP contribution in [0.25, 0.3) is 0 Å². The van der Waals surface area contributed by atoms with Crippen LogP contribution in [0.3, 0.4) is 0 Å². The highest BCUT2D eigenvalue weighted by Gasteiger charge is 2.41. The first kappa shape index (κ1) is 15.5. The number of amides is 1. The molecule has 1 aliphatic rings. The quantitative estimate of drug-likeness (QED) is 0.757. The molecule has 0 aromatic heterocycles. The predicted octanol–water partition coefficient (Wildman–Crippen LogP) is 3.15. The highest BCUT2D eigenvalue weighted by molar-refractivity contribution is 5.84. The Morgan fingerprint density at radius 1 is 1.22 bits per heavy atom. The van der Waals surface area contributed by atoms with Gasteiger partial charge in [0.05, 0.1) is 12.2 Å². The summed E-state index contributed by atoms with van der Waals surface area (Å²) < 4.78 is 0. The van der Waals surface area contributed by atoms with Gasteiger partial charge in [0.2, 0.25) is 5.91 Å². The summed E-state index contributed by atoms with van der Waals surface area (Å²) in [5.74, 6) is 0.791. The van der Waals surface area contributed by atoms with E-state index >= 15 is 0 Å². The van der Waals surface area contributed by atoms with E-state index in [2.05, 4.69) is 44.8 Å². The second kappa shape index (κ2) is 7.13. The summed E-state index contributed by atoms with van der Waals surface area (Å²) in [6.45, 7) is 10.9. The molecule has 1 rings (SSSR count). The zero-order valence-corrected chi connectivity index (χ0v) is 12.7. The molecule has 3 unspecified atom stereocenters. The molecule has 1 fully saturated rings. The van der Waals surface area contributed by atoms with Crippen molar-refractivity contribution in [2.75, 3.05) is 0 Å². The topological polar surface area (TPSA) is 32.3 Å². The van der Waals surface area contributed by atoms with E-state index in [1.807, 2.05) is 0 Å². The molecule has 0 radical (unpaired) electrons. The summed E-state index contributed by atoms with van der Waals surface area (Å²) in [5.41, 5.74) is 0. The molecule has 1 aliphatic heterocycles. The lowest BCUT2D eigenvalue weighted by Crippen LogP contribution is -2.46. The van der Waals surface area contributed by atoms with E-state index in [0.29, 0.717) is 17.9 Å². The van der Waals surface area contributed by atoms with Crippen molar-refractivity contribution in [1.29, 1.82) is 0 Å². The van der Waals surface area contributed by atoms with E-state index in [-0.39, 0.29) is 12.2 Å². The lowest BCUT2D eigenvalue weighted by Gasteiger charge is -2.32. The van der Waals surface area contributed by atoms with Gasteiger partial charge in [-0.1, -0.05) is 47.0 Å². The standard InChI is InChI=1S/C15H30N2O/c1-6-8-10-12(5)17-14(11(3)4)16-13(9-7-2)15(17)18/h11-14,16H,6-10H2,1-5H3. The van der Waals surface area contributed by atoms with E-state index < -0.39 is 0 Å². The largest absolute Gasteiger partial charge is 0.323 e. The first-order chi connectivity index (χ1) is 8.52. The van der Waals surface area contributed by atoms with Crippen molar-refractivity contribution < 1.29 is 4.79 Å². The Hall–Kier alpha value is -0.570. The van der Waals surface area contributed by atoms with Gasteiger partial charge in [-0.15, -0.1) is 0 Å². The molecule has 1 amide bonds. The molecule has 106 valence electrons. The minimum atomic E-state index is 0.0477. The Balaban J connectivity index is 2.73. The van der Waals surface area contributed by atoms with Crippen LogP contribution in [-0.4, -0.2) is 29.1 Å². The maximum Gasteiger partial charge on any atom is 0.241 e. The Morgan fingerprint density at radius 3 is 2.39 bits per heavy atom. The summed E-state index contributed by atoms with van der Waals surface area (Å²) >= 11 is 0. The van der Waals surface area contributed by atoms with Gasteiger partial charge in [-0.05, 0) is 25.7 Å². The Kier molecular flexibility index (Phi) is 6.13. The van der Waals surface area contributed by atoms with Crippen molar-refractivity contribution in [2.24, 2.45) is 5.92 Å². The molecule has 18 heavy (non-hydrogen) atoms. The first-order valence-electron chi connectivity index (χ1n) is 7.61. The molecule has 0 spiro atoms. The third-order valence-electron chi connectivity index (χ3n) is 3.88. The molecule has 0 aliphatic carbocycles. The SMILES string of the molecule is CCCCC(C)N1C(=O)C(CCC)NC1C(C)C. The van der Waals surface area contributed by atoms with Crippen LogP contribution in [-0.2, 0) is 4.79 Å². The zero-order chi connectivity index (χ0) is 13.7. The molecule has 1 N–H and O–H groups in total. The maximum absolute atomic E-state index is 12.5. The number of hydrogen-bond acceptors (Lipinski definition) is 2. The molecular formula is C15H30N2O. The Morgan fingerprint density at radius 2 is 1.89 bits per heavy atom. The molecule has 3 heteroatoms. The van der Waals surface area contributed by atoms with Crippen molar-refractivity contribution in [3.8, 4) is 0 Å². The maximum atomic E-state index is 12.5. The van der Waals surface area contributed by atoms with Crippen molar-refractivity contribution >= 4 is 5.91 Å². The highest BCUT2D eigenvalue weighted by Crippen LogP contribution is 2.24.